The van der Waals surface area contributed by atoms with Crippen molar-refractivity contribution in [1.29, 1.82) is 0 Å². The minimum Gasteiger partial charge on any atom is -0.383 e. The summed E-state index contributed by atoms with van der Waals surface area (Å²) in [7, 11) is 0. The molecule has 0 unspecified atom stereocenters. The molecule has 0 bridgehead atoms. The lowest BCUT2D eigenvalue weighted by Gasteiger charge is -2.28. The van der Waals surface area contributed by atoms with Gasteiger partial charge in [-0.05, 0) is 58.3 Å². The number of anilines is 1. The van der Waals surface area contributed by atoms with Gasteiger partial charge in [0.1, 0.15) is 29.3 Å². The first-order valence-electron chi connectivity index (χ1n) is 12.0. The summed E-state index contributed by atoms with van der Waals surface area (Å²) in [6.07, 6.45) is 7.19. The van der Waals surface area contributed by atoms with Gasteiger partial charge >= 0.3 is 0 Å². The van der Waals surface area contributed by atoms with Gasteiger partial charge in [-0.25, -0.2) is 14.6 Å². The maximum absolute atomic E-state index is 12.4. The molecule has 0 atom stereocenters. The van der Waals surface area contributed by atoms with Crippen LogP contribution >= 0.6 is 0 Å². The Balaban J connectivity index is 1.52. The summed E-state index contributed by atoms with van der Waals surface area (Å²) in [6, 6.07) is 0.108. The Morgan fingerprint density at radius 3 is 2.55 bits per heavy atom. The summed E-state index contributed by atoms with van der Waals surface area (Å²) in [5.74, 6) is 2.20. The highest BCUT2D eigenvalue weighted by molar-refractivity contribution is 5.98. The highest BCUT2D eigenvalue weighted by atomic mass is 16.5. The van der Waals surface area contributed by atoms with Crippen LogP contribution in [0.5, 0.6) is 0 Å². The van der Waals surface area contributed by atoms with Crippen molar-refractivity contribution in [2.24, 2.45) is 11.7 Å². The molecule has 5 N–H and O–H groups in total. The third-order valence-electron chi connectivity index (χ3n) is 6.89. The van der Waals surface area contributed by atoms with E-state index in [0.717, 1.165) is 60.9 Å². The fraction of sp³-hybridized carbons (Fsp3) is 0.609. The number of fused-ring (bicyclic) bond motifs is 1. The lowest BCUT2D eigenvalue weighted by atomic mass is 9.77. The summed E-state index contributed by atoms with van der Waals surface area (Å²) in [6.45, 7) is 5.10. The molecule has 10 heteroatoms. The summed E-state index contributed by atoms with van der Waals surface area (Å²) in [4.78, 5) is 21.1. The zero-order valence-electron chi connectivity index (χ0n) is 19.3. The average Bonchev–Trinajstić information content (AvgIpc) is 3.44. The topological polar surface area (TPSA) is 151 Å². The zero-order valence-corrected chi connectivity index (χ0v) is 19.3. The predicted molar refractivity (Wildman–Crippen MR) is 124 cm³/mol. The van der Waals surface area contributed by atoms with Gasteiger partial charge in [0.2, 0.25) is 5.91 Å². The number of aromatic nitrogens is 5. The smallest absolute Gasteiger partial charge is 0.223 e. The molecule has 0 spiro atoms. The van der Waals surface area contributed by atoms with Gasteiger partial charge in [0.05, 0.1) is 5.39 Å². The van der Waals surface area contributed by atoms with Gasteiger partial charge in [0.25, 0.3) is 0 Å². The quantitative estimate of drug-likeness (QED) is 0.495. The number of amides is 1. The average molecular weight is 453 g/mol. The second-order valence-electron chi connectivity index (χ2n) is 9.56. The second-order valence-corrected chi connectivity index (χ2v) is 9.56. The van der Waals surface area contributed by atoms with Gasteiger partial charge < -0.3 is 21.3 Å². The maximum Gasteiger partial charge on any atom is 0.223 e. The first-order chi connectivity index (χ1) is 16.0. The van der Waals surface area contributed by atoms with Crippen molar-refractivity contribution in [1.82, 2.24) is 30.2 Å². The van der Waals surface area contributed by atoms with Crippen LogP contribution in [-0.4, -0.2) is 43.9 Å². The SMILES string of the molecule is CC(C)n1nc(-c2noc(C3CC3)c2C2CCC(C(=O)NCCN)CC2)c2c(N)ncnc21. The fourth-order valence-electron chi connectivity index (χ4n) is 5.02. The lowest BCUT2D eigenvalue weighted by molar-refractivity contribution is -0.125. The van der Waals surface area contributed by atoms with Crippen LogP contribution < -0.4 is 16.8 Å². The zero-order chi connectivity index (χ0) is 23.1. The Kier molecular flexibility index (Phi) is 5.77. The van der Waals surface area contributed by atoms with Gasteiger partial charge in [-0.2, -0.15) is 5.10 Å². The molecule has 10 nitrogen and oxygen atoms in total. The van der Waals surface area contributed by atoms with E-state index in [1.807, 2.05) is 4.68 Å². The van der Waals surface area contributed by atoms with E-state index in [1.54, 1.807) is 0 Å². The monoisotopic (exact) mass is 452 g/mol. The van der Waals surface area contributed by atoms with Crippen molar-refractivity contribution in [2.75, 3.05) is 18.8 Å². The highest BCUT2D eigenvalue weighted by Gasteiger charge is 2.39. The first kappa shape index (κ1) is 21.8. The minimum absolute atomic E-state index is 0.0329. The summed E-state index contributed by atoms with van der Waals surface area (Å²) >= 11 is 0. The van der Waals surface area contributed by atoms with Crippen LogP contribution in [0, 0.1) is 5.92 Å². The van der Waals surface area contributed by atoms with Crippen LogP contribution in [0.2, 0.25) is 0 Å². The molecule has 33 heavy (non-hydrogen) atoms. The number of carbonyl (C=O) groups excluding carboxylic acids is 1. The van der Waals surface area contributed by atoms with Crippen molar-refractivity contribution in [2.45, 2.75) is 70.3 Å². The number of nitrogens with two attached hydrogens (primary N) is 2. The molecule has 2 aliphatic carbocycles. The molecule has 1 amide bonds. The van der Waals surface area contributed by atoms with Gasteiger partial charge in [0.15, 0.2) is 5.65 Å². The Bertz CT molecular complexity index is 1150. The van der Waals surface area contributed by atoms with Crippen molar-refractivity contribution in [3.63, 3.8) is 0 Å². The highest BCUT2D eigenvalue weighted by Crippen LogP contribution is 2.50. The largest absolute Gasteiger partial charge is 0.383 e. The van der Waals surface area contributed by atoms with Gasteiger partial charge in [0, 0.05) is 36.5 Å². The minimum atomic E-state index is 0.0329. The van der Waals surface area contributed by atoms with Crippen LogP contribution in [-0.2, 0) is 4.79 Å². The third kappa shape index (κ3) is 3.96. The van der Waals surface area contributed by atoms with Crippen LogP contribution in [0.1, 0.15) is 81.6 Å². The van der Waals surface area contributed by atoms with E-state index in [4.69, 9.17) is 21.1 Å². The first-order valence-corrected chi connectivity index (χ1v) is 12.0. The molecule has 0 aliphatic heterocycles. The molecule has 3 heterocycles. The lowest BCUT2D eigenvalue weighted by Crippen LogP contribution is -2.35. The van der Waals surface area contributed by atoms with Gasteiger partial charge in [-0.3, -0.25) is 4.79 Å². The number of nitrogens with one attached hydrogen (secondary N) is 1. The number of hydrogen-bond acceptors (Lipinski definition) is 8. The van der Waals surface area contributed by atoms with Gasteiger partial charge in [-0.1, -0.05) is 5.16 Å². The summed E-state index contributed by atoms with van der Waals surface area (Å²) in [5.41, 5.74) is 15.1. The van der Waals surface area contributed by atoms with E-state index in [0.29, 0.717) is 36.2 Å². The van der Waals surface area contributed by atoms with Gasteiger partial charge in [-0.15, -0.1) is 0 Å². The molecule has 2 saturated carbocycles. The van der Waals surface area contributed by atoms with Crippen molar-refractivity contribution in [3.8, 4) is 11.4 Å². The molecule has 0 saturated heterocycles. The third-order valence-corrected chi connectivity index (χ3v) is 6.89. The molecule has 176 valence electrons. The number of hydrogen-bond donors (Lipinski definition) is 3. The second kappa shape index (κ2) is 8.74. The van der Waals surface area contributed by atoms with E-state index in [2.05, 4.69) is 34.3 Å². The summed E-state index contributed by atoms with van der Waals surface area (Å²) in [5, 5.41) is 13.1. The normalized spacial score (nSPS) is 21.1. The van der Waals surface area contributed by atoms with E-state index >= 15 is 0 Å². The van der Waals surface area contributed by atoms with Crippen molar-refractivity contribution < 1.29 is 9.32 Å². The standard InChI is InChI=1S/C23H32N8O2/c1-12(2)31-22-17(21(25)27-11-28-22)18(29-31)19-16(20(33-30-19)14-5-6-14)13-3-7-15(8-4-13)23(32)26-10-9-24/h11-15H,3-10,24H2,1-2H3,(H,26,32)(H2,25,27,28). The van der Waals surface area contributed by atoms with Crippen LogP contribution in [0.25, 0.3) is 22.4 Å². The Labute approximate surface area is 192 Å². The molecule has 0 radical (unpaired) electrons. The van der Waals surface area contributed by atoms with Crippen molar-refractivity contribution >= 4 is 22.8 Å². The molecular weight excluding hydrogens is 420 g/mol. The number of rotatable bonds is 7. The molecule has 5 rings (SSSR count). The number of nitrogen functional groups attached to an aromatic ring is 1. The van der Waals surface area contributed by atoms with E-state index in [1.165, 1.54) is 6.33 Å². The molecule has 2 fully saturated rings. The maximum atomic E-state index is 12.4. The molecule has 0 aromatic carbocycles. The molecule has 3 aromatic rings. The van der Waals surface area contributed by atoms with Crippen molar-refractivity contribution in [3.05, 3.63) is 17.7 Å². The van der Waals surface area contributed by atoms with E-state index < -0.39 is 0 Å². The van der Waals surface area contributed by atoms with E-state index in [9.17, 15) is 4.79 Å². The molecular formula is C23H32N8O2. The Morgan fingerprint density at radius 1 is 1.15 bits per heavy atom. The molecule has 2 aliphatic rings. The molecule has 3 aromatic heterocycles. The summed E-state index contributed by atoms with van der Waals surface area (Å²) < 4.78 is 7.81. The predicted octanol–water partition coefficient (Wildman–Crippen LogP) is 2.87. The fourth-order valence-corrected chi connectivity index (χ4v) is 5.02. The van der Waals surface area contributed by atoms with E-state index in [-0.39, 0.29) is 23.8 Å². The Morgan fingerprint density at radius 2 is 1.88 bits per heavy atom. The number of nitrogens with zero attached hydrogens (tertiary/aromatic N) is 5. The van der Waals surface area contributed by atoms with Crippen LogP contribution in [0.3, 0.4) is 0 Å². The number of carbonyl (C=O) groups is 1. The van der Waals surface area contributed by atoms with Crippen LogP contribution in [0.4, 0.5) is 5.82 Å². The van der Waals surface area contributed by atoms with Crippen LogP contribution in [0.15, 0.2) is 10.9 Å². The Hall–Kier alpha value is -3.01.